The summed E-state index contributed by atoms with van der Waals surface area (Å²) in [6, 6.07) is 1.45. The monoisotopic (exact) mass is 315 g/mol. The quantitative estimate of drug-likeness (QED) is 0.525. The van der Waals surface area contributed by atoms with Gasteiger partial charge in [-0.05, 0) is 42.7 Å². The Morgan fingerprint density at radius 2 is 2.00 bits per heavy atom. The highest BCUT2D eigenvalue weighted by atomic mass is 35.5. The molecule has 1 aromatic heterocycles. The molecule has 0 radical (unpaired) electrons. The van der Waals surface area contributed by atoms with Crippen LogP contribution < -0.4 is 5.48 Å². The van der Waals surface area contributed by atoms with E-state index in [0.29, 0.717) is 11.8 Å². The molecule has 3 aliphatic rings. The number of nitrogens with zero attached hydrogens (tertiary/aromatic N) is 2. The Morgan fingerprint density at radius 1 is 1.25 bits per heavy atom. The van der Waals surface area contributed by atoms with Crippen molar-refractivity contribution in [2.45, 2.75) is 32.1 Å². The van der Waals surface area contributed by atoms with Crippen molar-refractivity contribution in [3.63, 3.8) is 0 Å². The topological polar surface area (TPSA) is 64.1 Å². The number of anilines is 1. The van der Waals surface area contributed by atoms with E-state index in [1.807, 2.05) is 0 Å². The van der Waals surface area contributed by atoms with Crippen LogP contribution in [0.2, 0.25) is 10.4 Å². The smallest absolute Gasteiger partial charge is 0.335 e. The molecule has 20 heavy (non-hydrogen) atoms. The first-order chi connectivity index (χ1) is 9.61. The molecule has 1 atom stereocenters. The summed E-state index contributed by atoms with van der Waals surface area (Å²) in [5.41, 5.74) is 2.51. The van der Waals surface area contributed by atoms with Crippen LogP contribution in [0.1, 0.15) is 32.1 Å². The highest BCUT2D eigenvalue weighted by Gasteiger charge is 2.40. The van der Waals surface area contributed by atoms with Crippen LogP contribution >= 0.6 is 23.2 Å². The summed E-state index contributed by atoms with van der Waals surface area (Å²) in [6.07, 6.45) is 5.71. The maximum Gasteiger partial charge on any atom is 0.335 e. The summed E-state index contributed by atoms with van der Waals surface area (Å²) in [6.45, 7) is 0. The van der Waals surface area contributed by atoms with E-state index in [-0.39, 0.29) is 28.1 Å². The number of fused-ring (bicyclic) bond motifs is 3. The van der Waals surface area contributed by atoms with Crippen LogP contribution in [0.25, 0.3) is 0 Å². The van der Waals surface area contributed by atoms with Crippen molar-refractivity contribution in [3.8, 4) is 0 Å². The molecule has 3 fully saturated rings. The molecule has 3 aliphatic carbocycles. The molecule has 5 nitrogen and oxygen atoms in total. The molecule has 1 unspecified atom stereocenters. The van der Waals surface area contributed by atoms with Gasteiger partial charge in [0.15, 0.2) is 5.82 Å². The molecule has 7 heteroatoms. The van der Waals surface area contributed by atoms with Gasteiger partial charge in [0.1, 0.15) is 5.15 Å². The second-order valence-corrected chi connectivity index (χ2v) is 6.22. The van der Waals surface area contributed by atoms with Gasteiger partial charge in [0.25, 0.3) is 0 Å². The number of aromatic nitrogens is 2. The number of carbonyl (C=O) groups excluding carboxylic acids is 1. The maximum absolute atomic E-state index is 12.1. The molecule has 3 saturated carbocycles. The lowest BCUT2D eigenvalue weighted by atomic mass is 9.65. The highest BCUT2D eigenvalue weighted by molar-refractivity contribution is 6.32. The van der Waals surface area contributed by atoms with Gasteiger partial charge in [0.2, 0.25) is 5.28 Å². The van der Waals surface area contributed by atoms with Gasteiger partial charge in [-0.2, -0.15) is 4.98 Å². The van der Waals surface area contributed by atoms with Crippen LogP contribution in [0.3, 0.4) is 0 Å². The van der Waals surface area contributed by atoms with E-state index in [4.69, 9.17) is 28.0 Å². The fourth-order valence-corrected chi connectivity index (χ4v) is 3.70. The van der Waals surface area contributed by atoms with Crippen LogP contribution in [0.4, 0.5) is 5.82 Å². The van der Waals surface area contributed by atoms with Gasteiger partial charge in [-0.1, -0.05) is 24.4 Å². The van der Waals surface area contributed by atoms with E-state index in [1.54, 1.807) is 0 Å². The van der Waals surface area contributed by atoms with Gasteiger partial charge in [0.05, 0.1) is 5.92 Å². The zero-order chi connectivity index (χ0) is 14.1. The SMILES string of the molecule is O=C(ONc1cc(Cl)nc(Cl)n1)C1CC2CCC1CC2. The molecule has 108 valence electrons. The first-order valence-corrected chi connectivity index (χ1v) is 7.54. The first kappa shape index (κ1) is 13.9. The van der Waals surface area contributed by atoms with Crippen molar-refractivity contribution >= 4 is 35.0 Å². The Hall–Kier alpha value is -1.07. The Balaban J connectivity index is 1.59. The standard InChI is InChI=1S/C13H15Cl2N3O2/c14-10-6-11(17-13(15)16-10)18-20-12(19)9-5-7-1-3-8(9)4-2-7/h6-9H,1-5H2,(H,16,17,18). The summed E-state index contributed by atoms with van der Waals surface area (Å²) in [5.74, 6) is 1.21. The fourth-order valence-electron chi connectivity index (χ4n) is 3.29. The highest BCUT2D eigenvalue weighted by Crippen LogP contribution is 2.45. The molecule has 0 amide bonds. The van der Waals surface area contributed by atoms with Crippen LogP contribution in [0.5, 0.6) is 0 Å². The minimum atomic E-state index is -0.217. The molecular weight excluding hydrogens is 301 g/mol. The van der Waals surface area contributed by atoms with Crippen molar-refractivity contribution in [3.05, 3.63) is 16.5 Å². The number of nitrogens with one attached hydrogen (secondary N) is 1. The Bertz CT molecular complexity index is 498. The average Bonchev–Trinajstić information content (AvgIpc) is 2.45. The molecule has 0 aromatic carbocycles. The number of hydrogen-bond donors (Lipinski definition) is 1. The van der Waals surface area contributed by atoms with Crippen LogP contribution in [-0.2, 0) is 9.63 Å². The molecule has 0 aliphatic heterocycles. The number of halogens is 2. The number of carbonyl (C=O) groups is 1. The second kappa shape index (κ2) is 5.74. The molecule has 0 spiro atoms. The normalized spacial score (nSPS) is 28.2. The summed E-state index contributed by atoms with van der Waals surface area (Å²) in [4.78, 5) is 24.9. The Kier molecular flexibility index (Phi) is 3.98. The van der Waals surface area contributed by atoms with E-state index in [1.165, 1.54) is 18.9 Å². The van der Waals surface area contributed by atoms with Gasteiger partial charge in [-0.25, -0.2) is 15.3 Å². The molecule has 2 bridgehead atoms. The fraction of sp³-hybridized carbons (Fsp3) is 0.615. The van der Waals surface area contributed by atoms with Gasteiger partial charge in [0, 0.05) is 6.07 Å². The van der Waals surface area contributed by atoms with Gasteiger partial charge < -0.3 is 4.84 Å². The van der Waals surface area contributed by atoms with Crippen molar-refractivity contribution in [2.75, 3.05) is 5.48 Å². The molecule has 4 rings (SSSR count). The van der Waals surface area contributed by atoms with Gasteiger partial charge in [-0.3, -0.25) is 0 Å². The number of hydrogen-bond acceptors (Lipinski definition) is 5. The summed E-state index contributed by atoms with van der Waals surface area (Å²) in [7, 11) is 0. The van der Waals surface area contributed by atoms with Crippen LogP contribution in [0.15, 0.2) is 6.07 Å². The Morgan fingerprint density at radius 3 is 2.60 bits per heavy atom. The third-order valence-electron chi connectivity index (χ3n) is 4.27. The minimum absolute atomic E-state index is 0.00258. The maximum atomic E-state index is 12.1. The second-order valence-electron chi connectivity index (χ2n) is 5.49. The van der Waals surface area contributed by atoms with Gasteiger partial charge >= 0.3 is 5.97 Å². The number of rotatable bonds is 3. The predicted molar refractivity (Wildman–Crippen MR) is 75.3 cm³/mol. The zero-order valence-corrected chi connectivity index (χ0v) is 12.3. The predicted octanol–water partition coefficient (Wildman–Crippen LogP) is 3.48. The van der Waals surface area contributed by atoms with E-state index in [9.17, 15) is 4.79 Å². The lowest BCUT2D eigenvalue weighted by Crippen LogP contribution is -2.37. The molecule has 0 saturated heterocycles. The van der Waals surface area contributed by atoms with Gasteiger partial charge in [-0.15, -0.1) is 0 Å². The minimum Gasteiger partial charge on any atom is -0.342 e. The summed E-state index contributed by atoms with van der Waals surface area (Å²) in [5, 5.41) is 0.202. The first-order valence-electron chi connectivity index (χ1n) is 6.78. The third kappa shape index (κ3) is 2.99. The van der Waals surface area contributed by atoms with Crippen molar-refractivity contribution in [2.24, 2.45) is 17.8 Å². The van der Waals surface area contributed by atoms with E-state index in [2.05, 4.69) is 15.4 Å². The molecular formula is C13H15Cl2N3O2. The third-order valence-corrected chi connectivity index (χ3v) is 4.64. The molecule has 1 aromatic rings. The summed E-state index contributed by atoms with van der Waals surface area (Å²) < 4.78 is 0. The Labute approximate surface area is 127 Å². The lowest BCUT2D eigenvalue weighted by Gasteiger charge is -2.40. The van der Waals surface area contributed by atoms with Crippen LogP contribution in [0, 0.1) is 17.8 Å². The lowest BCUT2D eigenvalue weighted by molar-refractivity contribution is -0.151. The van der Waals surface area contributed by atoms with Crippen molar-refractivity contribution in [1.29, 1.82) is 0 Å². The zero-order valence-electron chi connectivity index (χ0n) is 10.8. The van der Waals surface area contributed by atoms with Crippen molar-refractivity contribution in [1.82, 2.24) is 9.97 Å². The van der Waals surface area contributed by atoms with Crippen molar-refractivity contribution < 1.29 is 9.63 Å². The van der Waals surface area contributed by atoms with Crippen LogP contribution in [-0.4, -0.2) is 15.9 Å². The van der Waals surface area contributed by atoms with E-state index >= 15 is 0 Å². The molecule has 1 N–H and O–H groups in total. The summed E-state index contributed by atoms with van der Waals surface area (Å²) >= 11 is 11.4. The van der Waals surface area contributed by atoms with E-state index < -0.39 is 0 Å². The largest absolute Gasteiger partial charge is 0.342 e. The van der Waals surface area contributed by atoms with E-state index in [0.717, 1.165) is 19.3 Å². The molecule has 1 heterocycles. The average molecular weight is 316 g/mol.